The Kier molecular flexibility index (Phi) is 6.64. The third kappa shape index (κ3) is 5.55. The van der Waals surface area contributed by atoms with Crippen molar-refractivity contribution in [2.45, 2.75) is 40.2 Å². The molecule has 1 saturated heterocycles. The molecule has 132 valence electrons. The maximum atomic E-state index is 11.2. The van der Waals surface area contributed by atoms with Crippen molar-refractivity contribution in [3.8, 4) is 0 Å². The van der Waals surface area contributed by atoms with Crippen LogP contribution in [0.4, 0.5) is 5.69 Å². The number of aliphatic imine (C=N–C) groups is 1. The van der Waals surface area contributed by atoms with Gasteiger partial charge in [0, 0.05) is 39.3 Å². The maximum absolute atomic E-state index is 11.2. The molecule has 2 N–H and O–H groups in total. The first-order valence-corrected chi connectivity index (χ1v) is 8.80. The Labute approximate surface area is 145 Å². The molecule has 24 heavy (non-hydrogen) atoms. The largest absolute Gasteiger partial charge is 0.352 e. The number of likely N-dealkylation sites (tertiary alicyclic amines) is 1. The number of rotatable bonds is 5. The molecule has 1 unspecified atom stereocenters. The maximum Gasteiger partial charge on any atom is 0.221 e. The Morgan fingerprint density at radius 2 is 2.21 bits per heavy atom. The van der Waals surface area contributed by atoms with E-state index in [1.165, 1.54) is 19.8 Å². The Morgan fingerprint density at radius 1 is 1.42 bits per heavy atom. The van der Waals surface area contributed by atoms with Crippen molar-refractivity contribution in [3.05, 3.63) is 29.8 Å². The van der Waals surface area contributed by atoms with E-state index < -0.39 is 0 Å². The summed E-state index contributed by atoms with van der Waals surface area (Å²) in [6, 6.07) is 7.90. The van der Waals surface area contributed by atoms with Gasteiger partial charge < -0.3 is 15.5 Å². The summed E-state index contributed by atoms with van der Waals surface area (Å²) in [5.41, 5.74) is 1.95. The quantitative estimate of drug-likeness (QED) is 0.644. The number of nitrogens with zero attached hydrogens (tertiary/aromatic N) is 2. The van der Waals surface area contributed by atoms with Gasteiger partial charge in [-0.05, 0) is 42.4 Å². The van der Waals surface area contributed by atoms with Crippen LogP contribution in [-0.2, 0) is 11.3 Å². The molecule has 1 aliphatic heterocycles. The summed E-state index contributed by atoms with van der Waals surface area (Å²) in [6.45, 7) is 8.96. The van der Waals surface area contributed by atoms with Crippen molar-refractivity contribution < 1.29 is 4.79 Å². The van der Waals surface area contributed by atoms with Crippen LogP contribution in [0.15, 0.2) is 29.3 Å². The predicted molar refractivity (Wildman–Crippen MR) is 100 cm³/mol. The van der Waals surface area contributed by atoms with Crippen LogP contribution in [0.3, 0.4) is 0 Å². The highest BCUT2D eigenvalue weighted by Gasteiger charge is 2.25. The van der Waals surface area contributed by atoms with Gasteiger partial charge in [0.15, 0.2) is 5.96 Å². The van der Waals surface area contributed by atoms with Crippen molar-refractivity contribution in [3.63, 3.8) is 0 Å². The normalized spacial score (nSPS) is 18.1. The first-order chi connectivity index (χ1) is 11.5. The van der Waals surface area contributed by atoms with E-state index >= 15 is 0 Å². The second-order valence-corrected chi connectivity index (χ2v) is 7.01. The van der Waals surface area contributed by atoms with Crippen molar-refractivity contribution in [2.24, 2.45) is 16.8 Å². The van der Waals surface area contributed by atoms with Gasteiger partial charge in [0.25, 0.3) is 0 Å². The van der Waals surface area contributed by atoms with E-state index in [0.29, 0.717) is 6.54 Å². The van der Waals surface area contributed by atoms with Crippen molar-refractivity contribution in [1.82, 2.24) is 10.2 Å². The van der Waals surface area contributed by atoms with Crippen LogP contribution in [0.1, 0.15) is 39.2 Å². The molecule has 1 aromatic carbocycles. The number of nitrogens with one attached hydrogen (secondary N) is 2. The summed E-state index contributed by atoms with van der Waals surface area (Å²) < 4.78 is 0. The molecule has 0 saturated carbocycles. The van der Waals surface area contributed by atoms with Crippen LogP contribution in [0, 0.1) is 11.8 Å². The molecule has 0 aliphatic carbocycles. The standard InChI is InChI=1S/C19H30N4O/c1-14(2)10-17-8-9-23(13-17)19(20-4)21-12-16-6-5-7-18(11-16)22-15(3)24/h5-7,11,14,17H,8-10,12-13H2,1-4H3,(H,20,21)(H,22,24). The zero-order valence-corrected chi connectivity index (χ0v) is 15.3. The molecule has 2 rings (SSSR count). The van der Waals surface area contributed by atoms with E-state index in [2.05, 4.69) is 40.4 Å². The zero-order chi connectivity index (χ0) is 17.5. The van der Waals surface area contributed by atoms with E-state index in [9.17, 15) is 4.79 Å². The van der Waals surface area contributed by atoms with Crippen LogP contribution < -0.4 is 10.6 Å². The van der Waals surface area contributed by atoms with Crippen molar-refractivity contribution in [1.29, 1.82) is 0 Å². The molecular weight excluding hydrogens is 300 g/mol. The van der Waals surface area contributed by atoms with Gasteiger partial charge in [0.2, 0.25) is 5.91 Å². The van der Waals surface area contributed by atoms with Crippen LogP contribution in [0.2, 0.25) is 0 Å². The van der Waals surface area contributed by atoms with Gasteiger partial charge in [-0.25, -0.2) is 0 Å². The molecule has 0 spiro atoms. The fourth-order valence-electron chi connectivity index (χ4n) is 3.36. The zero-order valence-electron chi connectivity index (χ0n) is 15.3. The lowest BCUT2D eigenvalue weighted by Gasteiger charge is -2.22. The molecule has 1 amide bonds. The second kappa shape index (κ2) is 8.71. The highest BCUT2D eigenvalue weighted by atomic mass is 16.1. The summed E-state index contributed by atoms with van der Waals surface area (Å²) in [6.07, 6.45) is 2.53. The molecular formula is C19H30N4O. The van der Waals surface area contributed by atoms with Gasteiger partial charge in [-0.2, -0.15) is 0 Å². The van der Waals surface area contributed by atoms with E-state index in [0.717, 1.165) is 42.1 Å². The molecule has 1 heterocycles. The highest BCUT2D eigenvalue weighted by Crippen LogP contribution is 2.23. The number of hydrogen-bond donors (Lipinski definition) is 2. The van der Waals surface area contributed by atoms with E-state index in [1.807, 2.05) is 25.2 Å². The van der Waals surface area contributed by atoms with Gasteiger partial charge in [0.05, 0.1) is 0 Å². The molecule has 1 aromatic rings. The minimum atomic E-state index is -0.0517. The SMILES string of the molecule is CN=C(NCc1cccc(NC(C)=O)c1)N1CCC(CC(C)C)C1. The summed E-state index contributed by atoms with van der Waals surface area (Å²) in [4.78, 5) is 17.9. The molecule has 0 aromatic heterocycles. The van der Waals surface area contributed by atoms with Gasteiger partial charge in [-0.15, -0.1) is 0 Å². The van der Waals surface area contributed by atoms with E-state index in [4.69, 9.17) is 0 Å². The molecule has 1 fully saturated rings. The van der Waals surface area contributed by atoms with Gasteiger partial charge >= 0.3 is 0 Å². The Bertz CT molecular complexity index is 582. The van der Waals surface area contributed by atoms with Crippen molar-refractivity contribution >= 4 is 17.6 Å². The fourth-order valence-corrected chi connectivity index (χ4v) is 3.36. The van der Waals surface area contributed by atoms with Crippen molar-refractivity contribution in [2.75, 3.05) is 25.5 Å². The van der Waals surface area contributed by atoms with Gasteiger partial charge in [-0.3, -0.25) is 9.79 Å². The first-order valence-electron chi connectivity index (χ1n) is 8.80. The average molecular weight is 330 g/mol. The van der Waals surface area contributed by atoms with E-state index in [-0.39, 0.29) is 5.91 Å². The lowest BCUT2D eigenvalue weighted by atomic mass is 9.97. The number of amides is 1. The second-order valence-electron chi connectivity index (χ2n) is 7.01. The smallest absolute Gasteiger partial charge is 0.221 e. The highest BCUT2D eigenvalue weighted by molar-refractivity contribution is 5.88. The Balaban J connectivity index is 1.89. The van der Waals surface area contributed by atoms with Gasteiger partial charge in [0.1, 0.15) is 0 Å². The number of hydrogen-bond acceptors (Lipinski definition) is 2. The van der Waals surface area contributed by atoms with Crippen LogP contribution in [0.25, 0.3) is 0 Å². The molecule has 1 aliphatic rings. The van der Waals surface area contributed by atoms with Crippen LogP contribution in [0.5, 0.6) is 0 Å². The van der Waals surface area contributed by atoms with E-state index in [1.54, 1.807) is 0 Å². The summed E-state index contributed by atoms with van der Waals surface area (Å²) in [7, 11) is 1.84. The van der Waals surface area contributed by atoms with Crippen LogP contribution in [-0.4, -0.2) is 36.9 Å². The fraction of sp³-hybridized carbons (Fsp3) is 0.579. The molecule has 0 bridgehead atoms. The summed E-state index contributed by atoms with van der Waals surface area (Å²) in [5, 5.41) is 6.26. The average Bonchev–Trinajstić information content (AvgIpc) is 2.95. The third-order valence-electron chi connectivity index (χ3n) is 4.30. The summed E-state index contributed by atoms with van der Waals surface area (Å²) >= 11 is 0. The molecule has 1 atom stereocenters. The topological polar surface area (TPSA) is 56.7 Å². The van der Waals surface area contributed by atoms with Crippen LogP contribution >= 0.6 is 0 Å². The number of anilines is 1. The Hall–Kier alpha value is -2.04. The number of guanidine groups is 1. The monoisotopic (exact) mass is 330 g/mol. The number of benzene rings is 1. The predicted octanol–water partition coefficient (Wildman–Crippen LogP) is 3.09. The number of carbonyl (C=O) groups is 1. The number of carbonyl (C=O) groups excluding carboxylic acids is 1. The molecule has 5 nitrogen and oxygen atoms in total. The molecule has 0 radical (unpaired) electrons. The first kappa shape index (κ1) is 18.3. The summed E-state index contributed by atoms with van der Waals surface area (Å²) in [5.74, 6) is 2.43. The third-order valence-corrected chi connectivity index (χ3v) is 4.30. The lowest BCUT2D eigenvalue weighted by Crippen LogP contribution is -2.39. The molecule has 5 heteroatoms. The van der Waals surface area contributed by atoms with Gasteiger partial charge in [-0.1, -0.05) is 26.0 Å². The Morgan fingerprint density at radius 3 is 2.88 bits per heavy atom. The lowest BCUT2D eigenvalue weighted by molar-refractivity contribution is -0.114. The minimum absolute atomic E-state index is 0.0517. The minimum Gasteiger partial charge on any atom is -0.352 e.